The van der Waals surface area contributed by atoms with Crippen LogP contribution >= 0.6 is 34.0 Å². The van der Waals surface area contributed by atoms with E-state index in [1.54, 1.807) is 59.8 Å². The minimum atomic E-state index is -2.09. The summed E-state index contributed by atoms with van der Waals surface area (Å²) in [6.45, 7) is 21.6. The SMILES string of the molecule is Cc1ccc(-c2[c-]ccc3c2sc2c([Si](C)(C)C)cccc23)nc1.Cc1ccc(-c2[c-]ccc3c2sc2cc([Si](C)(C)C)ccc23)nc1.Cc1ccc(-c2[c-]ccc3c2sc2ccc([Si](C)(C)C)cc23)nc1.[2H]C([2H])([2H])c1ccc(-c2[c-]cccc2)nc1.[2H]C([2H])([2H])c1ccc(-c2[c-]cccc2)nc1.[2H]C([2H])([2H])c1ccc(-c2[c-]cccc2)nc1.[Ir].[Ir].[Ir]. The van der Waals surface area contributed by atoms with E-state index in [0.717, 1.165) is 67.5 Å². The third-order valence-corrected chi connectivity index (χ3v) is 28.6. The van der Waals surface area contributed by atoms with Crippen LogP contribution in [0.5, 0.6) is 0 Å². The second kappa shape index (κ2) is 39.2. The van der Waals surface area contributed by atoms with Gasteiger partial charge in [-0.25, -0.2) is 0 Å². The molecule has 0 aliphatic rings. The van der Waals surface area contributed by atoms with Crippen molar-refractivity contribution in [2.45, 2.75) is 100 Å². The topological polar surface area (TPSA) is 77.3 Å². The zero-order valence-electron chi connectivity index (χ0n) is 74.4. The van der Waals surface area contributed by atoms with Crippen molar-refractivity contribution < 1.29 is 72.7 Å². The van der Waals surface area contributed by atoms with Gasteiger partial charge < -0.3 is 29.9 Å². The molecule has 0 spiro atoms. The fourth-order valence-corrected chi connectivity index (χ4v) is 21.1. The molecular weight excluding hydrogens is 2030 g/mol. The van der Waals surface area contributed by atoms with Crippen molar-refractivity contribution >= 4 is 134 Å². The van der Waals surface area contributed by atoms with Gasteiger partial charge in [-0.3, -0.25) is 0 Å². The molecule has 18 aromatic rings. The van der Waals surface area contributed by atoms with E-state index in [4.69, 9.17) is 12.3 Å². The molecule has 579 valence electrons. The van der Waals surface area contributed by atoms with Gasteiger partial charge in [0, 0.05) is 124 Å². The Hall–Kier alpha value is -8.86. The second-order valence-electron chi connectivity index (χ2n) is 30.2. The van der Waals surface area contributed by atoms with Crippen LogP contribution in [0.4, 0.5) is 0 Å². The van der Waals surface area contributed by atoms with E-state index in [1.165, 1.54) is 106 Å². The maximum atomic E-state index is 7.23. The monoisotopic (exact) mass is 2130 g/mol. The summed E-state index contributed by atoms with van der Waals surface area (Å²) in [7, 11) is -3.99. The first kappa shape index (κ1) is 75.2. The third kappa shape index (κ3) is 21.6. The van der Waals surface area contributed by atoms with Crippen LogP contribution in [0.15, 0.2) is 274 Å². The standard InChI is InChI=1S/3C21H20NSSi.3C12H10N.3Ir/c1-14-11-12-18(22-13-14)17-9-5-7-15-16-8-6-10-19(24(2,3)4)21(16)23-20(15)17;1-14-8-11-19(22-13-14)18-7-5-6-17-16-10-9-15(24(2,3)4)12-20(16)23-21(17)18;1-14-8-10-19(22-13-14)17-7-5-6-16-18-12-15(24(2,3)4)9-11-20(18)23-21(16)17;3*1-10-7-8-12(13-9-10)11-5-3-2-4-6-11;;;/h5-8,10-13H,1-4H3;2*5-6,8-13H,1-4H3;3*2-5,7-9H,1H3;;;/q6*-1;;;/i;;;3*1D3;;;. The van der Waals surface area contributed by atoms with Crippen LogP contribution in [0.3, 0.4) is 0 Å². The molecule has 0 saturated heterocycles. The maximum Gasteiger partial charge on any atom is 0.0794 e. The summed E-state index contributed by atoms with van der Waals surface area (Å²) in [5.74, 6) is 0. The molecule has 0 aliphatic heterocycles. The normalized spacial score (nSPS) is 12.6. The number of aryl methyl sites for hydroxylation is 6. The molecule has 6 nitrogen and oxygen atoms in total. The van der Waals surface area contributed by atoms with Gasteiger partial charge in [-0.15, -0.1) is 179 Å². The molecule has 0 fully saturated rings. The van der Waals surface area contributed by atoms with E-state index in [2.05, 4.69) is 255 Å². The van der Waals surface area contributed by atoms with Crippen molar-refractivity contribution in [2.24, 2.45) is 0 Å². The molecule has 0 aliphatic carbocycles. The van der Waals surface area contributed by atoms with Crippen molar-refractivity contribution in [3.8, 4) is 67.5 Å². The molecule has 0 bridgehead atoms. The van der Waals surface area contributed by atoms with Crippen molar-refractivity contribution in [3.05, 3.63) is 344 Å². The van der Waals surface area contributed by atoms with Crippen LogP contribution in [0.2, 0.25) is 58.9 Å². The van der Waals surface area contributed by atoms with Gasteiger partial charge in [0.05, 0.1) is 24.2 Å². The second-order valence-corrected chi connectivity index (χ2v) is 48.6. The van der Waals surface area contributed by atoms with E-state index in [-0.39, 0.29) is 77.0 Å². The molecule has 18 rings (SSSR count). The van der Waals surface area contributed by atoms with E-state index >= 15 is 0 Å². The molecule has 9 aromatic heterocycles. The van der Waals surface area contributed by atoms with Crippen molar-refractivity contribution in [2.75, 3.05) is 0 Å². The van der Waals surface area contributed by atoms with Crippen LogP contribution in [-0.4, -0.2) is 54.1 Å². The van der Waals surface area contributed by atoms with Crippen LogP contribution in [-0.2, 0) is 60.3 Å². The Balaban J connectivity index is 0.000000155. The Bertz CT molecular complexity index is 6260. The Morgan fingerprint density at radius 3 is 0.991 bits per heavy atom. The number of benzene rings is 9. The summed E-state index contributed by atoms with van der Waals surface area (Å²) in [6.07, 6.45) is 9.97. The number of nitrogens with zero attached hydrogens (tertiary/aromatic N) is 6. The van der Waals surface area contributed by atoms with Crippen molar-refractivity contribution in [3.63, 3.8) is 0 Å². The number of pyridine rings is 6. The van der Waals surface area contributed by atoms with E-state index in [9.17, 15) is 0 Å². The smallest absolute Gasteiger partial charge is 0.0794 e. The number of hydrogen-bond acceptors (Lipinski definition) is 9. The zero-order valence-corrected chi connectivity index (χ0v) is 78.0. The largest absolute Gasteiger partial charge is 0.304 e. The Morgan fingerprint density at radius 1 is 0.272 bits per heavy atom. The molecule has 0 saturated carbocycles. The fourth-order valence-electron chi connectivity index (χ4n) is 12.5. The number of rotatable bonds is 9. The quantitative estimate of drug-likeness (QED) is 0.106. The molecule has 0 unspecified atom stereocenters. The van der Waals surface area contributed by atoms with Gasteiger partial charge in [0.1, 0.15) is 0 Å². The van der Waals surface area contributed by atoms with E-state index in [1.807, 2.05) is 125 Å². The minimum Gasteiger partial charge on any atom is -0.304 e. The summed E-state index contributed by atoms with van der Waals surface area (Å²) in [6, 6.07) is 97.7. The van der Waals surface area contributed by atoms with Crippen molar-refractivity contribution in [1.29, 1.82) is 0 Å². The van der Waals surface area contributed by atoms with Gasteiger partial charge in [0.25, 0.3) is 0 Å². The number of hydrogen-bond donors (Lipinski definition) is 0. The Labute approximate surface area is 741 Å². The van der Waals surface area contributed by atoms with Gasteiger partial charge in [0.2, 0.25) is 0 Å². The molecule has 15 heteroatoms. The minimum absolute atomic E-state index is 0. The molecule has 9 aromatic carbocycles. The Kier molecular flexibility index (Phi) is 25.8. The van der Waals surface area contributed by atoms with Gasteiger partial charge in [-0.1, -0.05) is 201 Å². The van der Waals surface area contributed by atoms with Crippen LogP contribution in [0.1, 0.15) is 45.7 Å². The maximum absolute atomic E-state index is 7.23. The van der Waals surface area contributed by atoms with E-state index in [0.29, 0.717) is 0 Å². The molecule has 114 heavy (non-hydrogen) atoms. The molecule has 3 radical (unpaired) electrons. The van der Waals surface area contributed by atoms with Gasteiger partial charge >= 0.3 is 0 Å². The number of aromatic nitrogens is 6. The molecule has 0 N–H and O–H groups in total. The molecule has 9 heterocycles. The first-order valence-corrected chi connectivity index (χ1v) is 49.7. The van der Waals surface area contributed by atoms with Crippen LogP contribution in [0.25, 0.3) is 128 Å². The molecule has 0 amide bonds. The Morgan fingerprint density at radius 2 is 0.623 bits per heavy atom. The summed E-state index contributed by atoms with van der Waals surface area (Å²) >= 11 is 5.62. The fraction of sp³-hybridized carbons (Fsp3) is 0.152. The summed E-state index contributed by atoms with van der Waals surface area (Å²) in [5.41, 5.74) is 15.5. The average molecular weight is 2130 g/mol. The van der Waals surface area contributed by atoms with Gasteiger partial charge in [0.15, 0.2) is 0 Å². The number of thiophene rings is 3. The predicted molar refractivity (Wildman–Crippen MR) is 487 cm³/mol. The predicted octanol–water partition coefficient (Wildman–Crippen LogP) is 25.9. The summed E-state index contributed by atoms with van der Waals surface area (Å²) in [5, 5.41) is 12.6. The first-order chi connectivity index (χ1) is 57.0. The average Bonchev–Trinajstić information content (AvgIpc) is 1.62. The van der Waals surface area contributed by atoms with E-state index < -0.39 is 44.8 Å². The molecule has 0 atom stereocenters. The van der Waals surface area contributed by atoms with Gasteiger partial charge in [-0.05, 0) is 156 Å². The van der Waals surface area contributed by atoms with Gasteiger partial charge in [-0.2, -0.15) is 34.0 Å². The van der Waals surface area contributed by atoms with Crippen LogP contribution in [0, 0.1) is 77.7 Å². The molecular formula is C99H90Ir3N6S3Si3-6. The van der Waals surface area contributed by atoms with Crippen molar-refractivity contribution in [1.82, 2.24) is 29.9 Å². The third-order valence-electron chi connectivity index (χ3n) is 18.6. The summed E-state index contributed by atoms with van der Waals surface area (Å²) in [4.78, 5) is 26.2. The van der Waals surface area contributed by atoms with Crippen LogP contribution < -0.4 is 15.6 Å². The first-order valence-electron chi connectivity index (χ1n) is 41.2. The number of fused-ring (bicyclic) bond motifs is 9. The zero-order chi connectivity index (χ0) is 85.5. The summed E-state index contributed by atoms with van der Waals surface area (Å²) < 4.78 is 73.1.